The summed E-state index contributed by atoms with van der Waals surface area (Å²) in [5, 5.41) is -0.743. The molecule has 8 heteroatoms. The Morgan fingerprint density at radius 1 is 1.15 bits per heavy atom. The first kappa shape index (κ1) is 13.3. The van der Waals surface area contributed by atoms with Crippen LogP contribution in [0, 0.1) is 0 Å². The maximum atomic E-state index is 10.7. The average molecular weight is 260 g/mol. The van der Waals surface area contributed by atoms with Gasteiger partial charge in [0.05, 0.1) is 13.7 Å². The van der Waals surface area contributed by atoms with Gasteiger partial charge < -0.3 is 9.47 Å². The third kappa shape index (κ3) is 8.66. The van der Waals surface area contributed by atoms with Crippen molar-refractivity contribution in [3.63, 3.8) is 0 Å². The summed E-state index contributed by atoms with van der Waals surface area (Å²) in [6.07, 6.45) is 0. The summed E-state index contributed by atoms with van der Waals surface area (Å²) < 4.78 is 9.01. The largest absolute Gasteiger partial charge is 0.460 e. The van der Waals surface area contributed by atoms with Gasteiger partial charge in [-0.15, -0.1) is 0 Å². The third-order valence-electron chi connectivity index (χ3n) is 0.661. The molecular formula is C5H8O4S4. The highest BCUT2D eigenvalue weighted by Crippen LogP contribution is 2.44. The lowest BCUT2D eigenvalue weighted by Crippen LogP contribution is -1.92. The van der Waals surface area contributed by atoms with Gasteiger partial charge in [0, 0.05) is 21.6 Å². The second-order valence-corrected chi connectivity index (χ2v) is 6.98. The Balaban J connectivity index is 3.25. The fraction of sp³-hybridized carbons (Fsp3) is 0.600. The molecule has 0 N–H and O–H groups in total. The van der Waals surface area contributed by atoms with E-state index in [1.54, 1.807) is 6.92 Å². The molecule has 0 aromatic carbocycles. The molecule has 76 valence electrons. The van der Waals surface area contributed by atoms with Gasteiger partial charge in [-0.05, 0) is 26.6 Å². The van der Waals surface area contributed by atoms with Crippen LogP contribution in [0.2, 0.25) is 0 Å². The number of carbonyl (C=O) groups is 2. The van der Waals surface area contributed by atoms with Crippen molar-refractivity contribution in [1.82, 2.24) is 0 Å². The second kappa shape index (κ2) is 8.92. The summed E-state index contributed by atoms with van der Waals surface area (Å²) >= 11 is 0. The predicted octanol–water partition coefficient (Wildman–Crippen LogP) is 3.59. The molecule has 0 spiro atoms. The Morgan fingerprint density at radius 2 is 1.69 bits per heavy atom. The maximum Gasteiger partial charge on any atom is 0.378 e. The van der Waals surface area contributed by atoms with Crippen molar-refractivity contribution in [3.05, 3.63) is 0 Å². The summed E-state index contributed by atoms with van der Waals surface area (Å²) in [5.41, 5.74) is 0. The Labute approximate surface area is 91.4 Å². The molecule has 0 bridgehead atoms. The van der Waals surface area contributed by atoms with Crippen LogP contribution in [0.5, 0.6) is 0 Å². The fourth-order valence-electron chi connectivity index (χ4n) is 0.259. The highest BCUT2D eigenvalue weighted by molar-refractivity contribution is 9.28. The van der Waals surface area contributed by atoms with Gasteiger partial charge in [-0.3, -0.25) is 0 Å². The van der Waals surface area contributed by atoms with Crippen LogP contribution in [0.4, 0.5) is 9.59 Å². The lowest BCUT2D eigenvalue weighted by Gasteiger charge is -1.98. The fourth-order valence-corrected chi connectivity index (χ4v) is 4.51. The van der Waals surface area contributed by atoms with E-state index < -0.39 is 0 Å². The molecule has 0 rings (SSSR count). The van der Waals surface area contributed by atoms with Crippen LogP contribution in [0.15, 0.2) is 0 Å². The van der Waals surface area contributed by atoms with Crippen LogP contribution in [-0.4, -0.2) is 24.3 Å². The van der Waals surface area contributed by atoms with Gasteiger partial charge >= 0.3 is 10.6 Å². The number of hydrogen-bond acceptors (Lipinski definition) is 8. The number of ether oxygens (including phenoxy) is 2. The molecule has 0 fully saturated rings. The van der Waals surface area contributed by atoms with Crippen molar-refractivity contribution in [1.29, 1.82) is 0 Å². The Morgan fingerprint density at radius 3 is 2.15 bits per heavy atom. The first-order valence-electron chi connectivity index (χ1n) is 3.13. The van der Waals surface area contributed by atoms with Crippen molar-refractivity contribution in [2.45, 2.75) is 6.92 Å². The molecule has 0 aliphatic rings. The summed E-state index contributed by atoms with van der Waals surface area (Å²) in [6.45, 7) is 2.10. The summed E-state index contributed by atoms with van der Waals surface area (Å²) in [4.78, 5) is 21.3. The van der Waals surface area contributed by atoms with Crippen molar-refractivity contribution in [3.8, 4) is 0 Å². The number of hydrogen-bond donors (Lipinski definition) is 0. The summed E-state index contributed by atoms with van der Waals surface area (Å²) in [7, 11) is 5.50. The minimum absolute atomic E-state index is 0.356. The first-order valence-corrected chi connectivity index (χ1v) is 7.95. The van der Waals surface area contributed by atoms with E-state index in [4.69, 9.17) is 0 Å². The first-order chi connectivity index (χ1) is 6.20. The molecule has 0 amide bonds. The molecule has 0 saturated heterocycles. The molecule has 4 nitrogen and oxygen atoms in total. The van der Waals surface area contributed by atoms with Crippen molar-refractivity contribution in [2.24, 2.45) is 0 Å². The van der Waals surface area contributed by atoms with Crippen LogP contribution in [0.3, 0.4) is 0 Å². The third-order valence-corrected chi connectivity index (χ3v) is 6.03. The minimum atomic E-state index is -0.387. The molecule has 0 aliphatic carbocycles. The Kier molecular flexibility index (Phi) is 9.15. The van der Waals surface area contributed by atoms with Crippen LogP contribution in [0.1, 0.15) is 6.92 Å². The second-order valence-electron chi connectivity index (χ2n) is 1.44. The van der Waals surface area contributed by atoms with Crippen molar-refractivity contribution in [2.75, 3.05) is 13.7 Å². The van der Waals surface area contributed by atoms with Crippen LogP contribution < -0.4 is 0 Å². The van der Waals surface area contributed by atoms with Crippen molar-refractivity contribution >= 4 is 51.8 Å². The Hall–Kier alpha value is 0.340. The quantitative estimate of drug-likeness (QED) is 0.432. The molecule has 0 heterocycles. The van der Waals surface area contributed by atoms with Crippen LogP contribution >= 0.6 is 41.2 Å². The highest BCUT2D eigenvalue weighted by atomic mass is 33.7. The van der Waals surface area contributed by atoms with E-state index in [1.807, 2.05) is 0 Å². The van der Waals surface area contributed by atoms with E-state index in [9.17, 15) is 9.59 Å². The SMILES string of the molecule is CCOC(=O)SSSSC(=O)OC. The molecule has 0 aliphatic heterocycles. The smallest absolute Gasteiger partial charge is 0.378 e. The molecular weight excluding hydrogens is 252 g/mol. The monoisotopic (exact) mass is 260 g/mol. The number of methoxy groups -OCH3 is 1. The van der Waals surface area contributed by atoms with Gasteiger partial charge in [-0.1, -0.05) is 0 Å². The van der Waals surface area contributed by atoms with Gasteiger partial charge in [-0.2, -0.15) is 0 Å². The average Bonchev–Trinajstić information content (AvgIpc) is 2.12. The maximum absolute atomic E-state index is 10.7. The highest BCUT2D eigenvalue weighted by Gasteiger charge is 2.06. The van der Waals surface area contributed by atoms with Crippen LogP contribution in [-0.2, 0) is 9.47 Å². The van der Waals surface area contributed by atoms with E-state index >= 15 is 0 Å². The number of rotatable bonds is 4. The molecule has 0 saturated carbocycles. The molecule has 0 aromatic heterocycles. The minimum Gasteiger partial charge on any atom is -0.460 e. The van der Waals surface area contributed by atoms with Gasteiger partial charge in [0.1, 0.15) is 0 Å². The van der Waals surface area contributed by atoms with Gasteiger partial charge in [0.2, 0.25) is 0 Å². The van der Waals surface area contributed by atoms with E-state index in [0.717, 1.165) is 31.4 Å². The van der Waals surface area contributed by atoms with Gasteiger partial charge in [0.25, 0.3) is 0 Å². The summed E-state index contributed by atoms with van der Waals surface area (Å²) in [6, 6.07) is 0. The van der Waals surface area contributed by atoms with E-state index in [1.165, 1.54) is 16.9 Å². The van der Waals surface area contributed by atoms with Gasteiger partial charge in [-0.25, -0.2) is 9.59 Å². The predicted molar refractivity (Wildman–Crippen MR) is 59.8 cm³/mol. The molecule has 0 unspecified atom stereocenters. The lowest BCUT2D eigenvalue weighted by atomic mass is 10.9. The molecule has 0 radical (unpaired) electrons. The van der Waals surface area contributed by atoms with E-state index in [-0.39, 0.29) is 10.6 Å². The van der Waals surface area contributed by atoms with E-state index in [2.05, 4.69) is 9.47 Å². The van der Waals surface area contributed by atoms with Crippen molar-refractivity contribution < 1.29 is 19.1 Å². The zero-order valence-electron chi connectivity index (χ0n) is 6.97. The zero-order chi connectivity index (χ0) is 10.1. The normalized spacial score (nSPS) is 9.38. The molecule has 0 atom stereocenters. The standard InChI is InChI=1S/C5H8O4S4/c1-3-9-5(7)11-13-12-10-4(6)8-2/h3H2,1-2H3. The molecule has 13 heavy (non-hydrogen) atoms. The van der Waals surface area contributed by atoms with Gasteiger partial charge in [0.15, 0.2) is 0 Å². The number of carbonyl (C=O) groups excluding carboxylic acids is 2. The summed E-state index contributed by atoms with van der Waals surface area (Å²) in [5.74, 6) is 0. The lowest BCUT2D eigenvalue weighted by molar-refractivity contribution is 0.182. The van der Waals surface area contributed by atoms with Crippen LogP contribution in [0.25, 0.3) is 0 Å². The topological polar surface area (TPSA) is 52.6 Å². The Bertz CT molecular complexity index is 174. The zero-order valence-corrected chi connectivity index (χ0v) is 10.2. The van der Waals surface area contributed by atoms with E-state index in [0.29, 0.717) is 6.61 Å². The molecule has 0 aromatic rings.